The first-order valence-corrected chi connectivity index (χ1v) is 6.92. The number of fused-ring (bicyclic) bond motifs is 1. The van der Waals surface area contributed by atoms with Crippen LogP contribution < -0.4 is 10.5 Å². The van der Waals surface area contributed by atoms with Crippen molar-refractivity contribution in [2.45, 2.75) is 18.8 Å². The van der Waals surface area contributed by atoms with E-state index in [4.69, 9.17) is 15.2 Å². The van der Waals surface area contributed by atoms with Gasteiger partial charge in [0.05, 0.1) is 18.8 Å². The van der Waals surface area contributed by atoms with Crippen molar-refractivity contribution in [2.24, 2.45) is 5.73 Å². The second-order valence-corrected chi connectivity index (χ2v) is 5.06. The van der Waals surface area contributed by atoms with Gasteiger partial charge in [-0.1, -0.05) is 6.07 Å². The number of amides is 1. The molecule has 0 bridgehead atoms. The third kappa shape index (κ3) is 2.54. The first-order chi connectivity index (χ1) is 10.2. The van der Waals surface area contributed by atoms with Crippen molar-refractivity contribution < 1.29 is 14.3 Å². The van der Waals surface area contributed by atoms with Crippen LogP contribution in [0.2, 0.25) is 0 Å². The SMILES string of the molecule is COc1ccc(C2CCOCC2)c2ncc(C(N)=O)nc12. The first-order valence-electron chi connectivity index (χ1n) is 6.92. The molecule has 2 N–H and O–H groups in total. The van der Waals surface area contributed by atoms with Crippen LogP contribution in [0.3, 0.4) is 0 Å². The van der Waals surface area contributed by atoms with Crippen LogP contribution in [0.5, 0.6) is 5.75 Å². The lowest BCUT2D eigenvalue weighted by molar-refractivity contribution is 0.0855. The van der Waals surface area contributed by atoms with Gasteiger partial charge in [-0.2, -0.15) is 0 Å². The summed E-state index contributed by atoms with van der Waals surface area (Å²) in [7, 11) is 1.57. The molecule has 0 unspecified atom stereocenters. The van der Waals surface area contributed by atoms with Crippen LogP contribution >= 0.6 is 0 Å². The lowest BCUT2D eigenvalue weighted by Gasteiger charge is -2.23. The predicted octanol–water partition coefficient (Wildman–Crippen LogP) is 1.63. The zero-order valence-electron chi connectivity index (χ0n) is 11.8. The zero-order valence-corrected chi connectivity index (χ0v) is 11.8. The monoisotopic (exact) mass is 287 g/mol. The third-order valence-corrected chi connectivity index (χ3v) is 3.83. The largest absolute Gasteiger partial charge is 0.494 e. The topological polar surface area (TPSA) is 87.3 Å². The lowest BCUT2D eigenvalue weighted by atomic mass is 9.90. The average molecular weight is 287 g/mol. The molecule has 3 rings (SSSR count). The van der Waals surface area contributed by atoms with Crippen molar-refractivity contribution in [3.63, 3.8) is 0 Å². The van der Waals surface area contributed by atoms with Crippen molar-refractivity contribution in [1.82, 2.24) is 9.97 Å². The number of nitrogens with zero attached hydrogens (tertiary/aromatic N) is 2. The number of carbonyl (C=O) groups is 1. The molecule has 1 aromatic heterocycles. The Morgan fingerprint density at radius 1 is 1.33 bits per heavy atom. The smallest absolute Gasteiger partial charge is 0.268 e. The summed E-state index contributed by atoms with van der Waals surface area (Å²) in [4.78, 5) is 20.0. The van der Waals surface area contributed by atoms with Crippen LogP contribution in [-0.4, -0.2) is 36.2 Å². The normalized spacial score (nSPS) is 16.0. The molecule has 0 spiro atoms. The number of methoxy groups -OCH3 is 1. The number of benzene rings is 1. The molecule has 0 atom stereocenters. The quantitative estimate of drug-likeness (QED) is 0.927. The zero-order chi connectivity index (χ0) is 14.8. The third-order valence-electron chi connectivity index (χ3n) is 3.83. The fourth-order valence-corrected chi connectivity index (χ4v) is 2.72. The van der Waals surface area contributed by atoms with E-state index in [1.165, 1.54) is 6.20 Å². The van der Waals surface area contributed by atoms with E-state index in [2.05, 4.69) is 9.97 Å². The summed E-state index contributed by atoms with van der Waals surface area (Å²) in [6, 6.07) is 3.89. The molecular weight excluding hydrogens is 270 g/mol. The predicted molar refractivity (Wildman–Crippen MR) is 77.4 cm³/mol. The molecule has 21 heavy (non-hydrogen) atoms. The van der Waals surface area contributed by atoms with Gasteiger partial charge >= 0.3 is 0 Å². The maximum atomic E-state index is 11.3. The Morgan fingerprint density at radius 3 is 2.76 bits per heavy atom. The minimum absolute atomic E-state index is 0.143. The van der Waals surface area contributed by atoms with Crippen LogP contribution in [0.25, 0.3) is 11.0 Å². The molecule has 1 aliphatic rings. The highest BCUT2D eigenvalue weighted by Crippen LogP contribution is 2.34. The standard InChI is InChI=1S/C15H17N3O3/c1-20-12-3-2-10(9-4-6-21-7-5-9)13-14(12)18-11(8-17-13)15(16)19/h2-3,8-9H,4-7H2,1H3,(H2,16,19). The number of hydrogen-bond donors (Lipinski definition) is 1. The fraction of sp³-hybridized carbons (Fsp3) is 0.400. The molecule has 110 valence electrons. The van der Waals surface area contributed by atoms with Crippen LogP contribution in [0.15, 0.2) is 18.3 Å². The summed E-state index contributed by atoms with van der Waals surface area (Å²) in [5, 5.41) is 0. The van der Waals surface area contributed by atoms with Gasteiger partial charge in [0.1, 0.15) is 17.0 Å². The van der Waals surface area contributed by atoms with Crippen molar-refractivity contribution in [3.05, 3.63) is 29.6 Å². The van der Waals surface area contributed by atoms with E-state index in [1.807, 2.05) is 12.1 Å². The first kappa shape index (κ1) is 13.8. The van der Waals surface area contributed by atoms with E-state index in [0.29, 0.717) is 17.2 Å². The van der Waals surface area contributed by atoms with Crippen LogP contribution in [0.4, 0.5) is 0 Å². The Labute approximate surface area is 122 Å². The van der Waals surface area contributed by atoms with Gasteiger partial charge in [-0.05, 0) is 30.4 Å². The van der Waals surface area contributed by atoms with Crippen LogP contribution in [0, 0.1) is 0 Å². The number of ether oxygens (including phenoxy) is 2. The minimum atomic E-state index is -0.595. The van der Waals surface area contributed by atoms with E-state index in [-0.39, 0.29) is 5.69 Å². The van der Waals surface area contributed by atoms with Gasteiger partial charge in [0.2, 0.25) is 0 Å². The molecular formula is C15H17N3O3. The second-order valence-electron chi connectivity index (χ2n) is 5.06. The molecule has 2 heterocycles. The van der Waals surface area contributed by atoms with Crippen LogP contribution in [-0.2, 0) is 4.74 Å². The van der Waals surface area contributed by atoms with Gasteiger partial charge in [-0.15, -0.1) is 0 Å². The Morgan fingerprint density at radius 2 is 2.10 bits per heavy atom. The minimum Gasteiger partial charge on any atom is -0.494 e. The molecule has 6 nitrogen and oxygen atoms in total. The summed E-state index contributed by atoms with van der Waals surface area (Å²) in [5.41, 5.74) is 7.90. The Bertz CT molecular complexity index is 681. The number of nitrogens with two attached hydrogens (primary N) is 1. The van der Waals surface area contributed by atoms with E-state index >= 15 is 0 Å². The van der Waals surface area contributed by atoms with Crippen molar-refractivity contribution in [3.8, 4) is 5.75 Å². The van der Waals surface area contributed by atoms with Gasteiger partial charge in [0.15, 0.2) is 0 Å². The van der Waals surface area contributed by atoms with Gasteiger partial charge in [0.25, 0.3) is 5.91 Å². The molecule has 1 aliphatic heterocycles. The Hall–Kier alpha value is -2.21. The molecule has 1 saturated heterocycles. The molecule has 1 fully saturated rings. The molecule has 0 saturated carbocycles. The van der Waals surface area contributed by atoms with Crippen LogP contribution in [0.1, 0.15) is 34.8 Å². The molecule has 0 aliphatic carbocycles. The highest BCUT2D eigenvalue weighted by atomic mass is 16.5. The van der Waals surface area contributed by atoms with Crippen molar-refractivity contribution in [1.29, 1.82) is 0 Å². The number of aromatic nitrogens is 2. The Kier molecular flexibility index (Phi) is 3.70. The molecule has 1 amide bonds. The highest BCUT2D eigenvalue weighted by Gasteiger charge is 2.21. The van der Waals surface area contributed by atoms with E-state index in [1.54, 1.807) is 7.11 Å². The summed E-state index contributed by atoms with van der Waals surface area (Å²) in [6.45, 7) is 1.51. The average Bonchev–Trinajstić information content (AvgIpc) is 2.54. The molecule has 6 heteroatoms. The van der Waals surface area contributed by atoms with E-state index in [9.17, 15) is 4.79 Å². The summed E-state index contributed by atoms with van der Waals surface area (Å²) < 4.78 is 10.7. The van der Waals surface area contributed by atoms with Gasteiger partial charge in [-0.3, -0.25) is 9.78 Å². The van der Waals surface area contributed by atoms with Crippen molar-refractivity contribution >= 4 is 16.9 Å². The van der Waals surface area contributed by atoms with Gasteiger partial charge in [-0.25, -0.2) is 4.98 Å². The maximum Gasteiger partial charge on any atom is 0.268 e. The Balaban J connectivity index is 2.15. The summed E-state index contributed by atoms with van der Waals surface area (Å²) >= 11 is 0. The van der Waals surface area contributed by atoms with E-state index in [0.717, 1.165) is 37.1 Å². The van der Waals surface area contributed by atoms with Crippen molar-refractivity contribution in [2.75, 3.05) is 20.3 Å². The maximum absolute atomic E-state index is 11.3. The highest BCUT2D eigenvalue weighted by molar-refractivity contribution is 5.94. The lowest BCUT2D eigenvalue weighted by Crippen LogP contribution is -2.16. The number of carbonyl (C=O) groups excluding carboxylic acids is 1. The van der Waals surface area contributed by atoms with Gasteiger partial charge in [0, 0.05) is 13.2 Å². The van der Waals surface area contributed by atoms with Gasteiger partial charge < -0.3 is 15.2 Å². The number of rotatable bonds is 3. The molecule has 0 radical (unpaired) electrons. The summed E-state index contributed by atoms with van der Waals surface area (Å²) in [5.74, 6) is 0.389. The fourth-order valence-electron chi connectivity index (χ4n) is 2.72. The molecule has 1 aromatic carbocycles. The molecule has 2 aromatic rings. The number of primary amides is 1. The number of hydrogen-bond acceptors (Lipinski definition) is 5. The van der Waals surface area contributed by atoms with E-state index < -0.39 is 5.91 Å². The summed E-state index contributed by atoms with van der Waals surface area (Å²) in [6.07, 6.45) is 3.34. The second kappa shape index (κ2) is 5.65.